The first kappa shape index (κ1) is 13.4. The minimum absolute atomic E-state index is 0.630. The third-order valence-corrected chi connectivity index (χ3v) is 4.62. The van der Waals surface area contributed by atoms with Gasteiger partial charge in [0.15, 0.2) is 0 Å². The molecule has 106 valence electrons. The minimum Gasteiger partial charge on any atom is -0.316 e. The second kappa shape index (κ2) is 5.80. The Bertz CT molecular complexity index is 559. The zero-order valence-electron chi connectivity index (χ0n) is 12.3. The lowest BCUT2D eigenvalue weighted by Crippen LogP contribution is -2.36. The third-order valence-electron chi connectivity index (χ3n) is 4.62. The van der Waals surface area contributed by atoms with E-state index in [1.807, 2.05) is 11.7 Å². The summed E-state index contributed by atoms with van der Waals surface area (Å²) in [6.07, 6.45) is 4.43. The van der Waals surface area contributed by atoms with Crippen LogP contribution in [0.1, 0.15) is 29.2 Å². The quantitative estimate of drug-likeness (QED) is 0.928. The monoisotopic (exact) mass is 269 g/mol. The Labute approximate surface area is 121 Å². The van der Waals surface area contributed by atoms with E-state index >= 15 is 0 Å². The van der Waals surface area contributed by atoms with E-state index in [0.717, 1.165) is 19.5 Å². The van der Waals surface area contributed by atoms with Crippen LogP contribution in [-0.2, 0) is 13.5 Å². The molecule has 1 aliphatic rings. The van der Waals surface area contributed by atoms with Gasteiger partial charge in [-0.15, -0.1) is 0 Å². The van der Waals surface area contributed by atoms with Crippen molar-refractivity contribution in [2.75, 3.05) is 13.1 Å². The molecular formula is C17H23N3. The van der Waals surface area contributed by atoms with E-state index in [1.165, 1.54) is 23.2 Å². The van der Waals surface area contributed by atoms with Crippen LogP contribution in [0.3, 0.4) is 0 Å². The molecule has 0 amide bonds. The first-order chi connectivity index (χ1) is 9.75. The Morgan fingerprint density at radius 3 is 2.80 bits per heavy atom. The van der Waals surface area contributed by atoms with Gasteiger partial charge in [0.1, 0.15) is 0 Å². The van der Waals surface area contributed by atoms with Gasteiger partial charge in [0.2, 0.25) is 0 Å². The molecule has 1 aromatic heterocycles. The fraction of sp³-hybridized carbons (Fsp3) is 0.471. The molecule has 0 spiro atoms. The molecule has 0 bridgehead atoms. The van der Waals surface area contributed by atoms with Gasteiger partial charge in [0, 0.05) is 12.7 Å². The Hall–Kier alpha value is -1.61. The van der Waals surface area contributed by atoms with Gasteiger partial charge in [0.25, 0.3) is 0 Å². The van der Waals surface area contributed by atoms with Gasteiger partial charge in [-0.3, -0.25) is 4.68 Å². The average Bonchev–Trinajstić information content (AvgIpc) is 2.81. The normalized spacial score (nSPS) is 22.9. The number of hydrogen-bond donors (Lipinski definition) is 1. The van der Waals surface area contributed by atoms with Crippen LogP contribution in [0.4, 0.5) is 0 Å². The van der Waals surface area contributed by atoms with Gasteiger partial charge in [0.05, 0.1) is 6.20 Å². The second-order valence-corrected chi connectivity index (χ2v) is 5.86. The van der Waals surface area contributed by atoms with E-state index in [-0.39, 0.29) is 0 Å². The number of aryl methyl sites for hydroxylation is 1. The molecule has 1 N–H and O–H groups in total. The molecule has 1 aliphatic heterocycles. The molecule has 1 aromatic carbocycles. The lowest BCUT2D eigenvalue weighted by atomic mass is 9.78. The van der Waals surface area contributed by atoms with Crippen molar-refractivity contribution in [2.24, 2.45) is 13.0 Å². The molecule has 20 heavy (non-hydrogen) atoms. The van der Waals surface area contributed by atoms with Gasteiger partial charge in [-0.2, -0.15) is 5.10 Å². The average molecular weight is 269 g/mol. The van der Waals surface area contributed by atoms with Gasteiger partial charge < -0.3 is 5.32 Å². The van der Waals surface area contributed by atoms with E-state index in [2.05, 4.69) is 53.9 Å². The zero-order valence-corrected chi connectivity index (χ0v) is 12.3. The molecule has 3 heteroatoms. The second-order valence-electron chi connectivity index (χ2n) is 5.86. The summed E-state index contributed by atoms with van der Waals surface area (Å²) in [5.74, 6) is 1.29. The first-order valence-electron chi connectivity index (χ1n) is 7.49. The lowest BCUT2D eigenvalue weighted by Gasteiger charge is -2.32. The fourth-order valence-electron chi connectivity index (χ4n) is 3.34. The van der Waals surface area contributed by atoms with Crippen LogP contribution >= 0.6 is 0 Å². The molecule has 1 fully saturated rings. The molecular weight excluding hydrogens is 246 g/mol. The number of aromatic nitrogens is 2. The number of piperidine rings is 1. The summed E-state index contributed by atoms with van der Waals surface area (Å²) >= 11 is 0. The maximum atomic E-state index is 4.43. The van der Waals surface area contributed by atoms with Crippen molar-refractivity contribution in [1.82, 2.24) is 15.1 Å². The molecule has 0 saturated carbocycles. The molecule has 3 rings (SSSR count). The van der Waals surface area contributed by atoms with Crippen LogP contribution in [0.15, 0.2) is 36.5 Å². The van der Waals surface area contributed by atoms with E-state index < -0.39 is 0 Å². The summed E-state index contributed by atoms with van der Waals surface area (Å²) in [7, 11) is 2.03. The highest BCUT2D eigenvalue weighted by molar-refractivity contribution is 5.24. The van der Waals surface area contributed by atoms with Crippen LogP contribution in [0.2, 0.25) is 0 Å². The number of hydrogen-bond acceptors (Lipinski definition) is 2. The van der Waals surface area contributed by atoms with Gasteiger partial charge in [-0.1, -0.05) is 30.3 Å². The van der Waals surface area contributed by atoms with Crippen molar-refractivity contribution in [3.8, 4) is 0 Å². The van der Waals surface area contributed by atoms with Crippen LogP contribution < -0.4 is 5.32 Å². The molecule has 2 unspecified atom stereocenters. The van der Waals surface area contributed by atoms with E-state index in [4.69, 9.17) is 0 Å². The summed E-state index contributed by atoms with van der Waals surface area (Å²) in [4.78, 5) is 0. The van der Waals surface area contributed by atoms with Crippen molar-refractivity contribution >= 4 is 0 Å². The predicted molar refractivity (Wildman–Crippen MR) is 81.8 cm³/mol. The van der Waals surface area contributed by atoms with Crippen LogP contribution in [0.5, 0.6) is 0 Å². The number of nitrogens with zero attached hydrogens (tertiary/aromatic N) is 2. The zero-order chi connectivity index (χ0) is 13.9. The Morgan fingerprint density at radius 2 is 2.10 bits per heavy atom. The molecule has 2 atom stereocenters. The predicted octanol–water partition coefficient (Wildman–Crippen LogP) is 2.66. The minimum atomic E-state index is 0.630. The molecule has 0 aliphatic carbocycles. The molecule has 1 saturated heterocycles. The maximum absolute atomic E-state index is 4.43. The Kier molecular flexibility index (Phi) is 3.88. The van der Waals surface area contributed by atoms with Crippen molar-refractivity contribution < 1.29 is 0 Å². The van der Waals surface area contributed by atoms with E-state index in [1.54, 1.807) is 0 Å². The standard InChI is InChI=1S/C17H23N3/c1-13-17(12-19-20(13)2)16-8-9-18-11-15(16)10-14-6-4-3-5-7-14/h3-7,12,15-16,18H,8-11H2,1-2H3. The summed E-state index contributed by atoms with van der Waals surface area (Å²) in [6, 6.07) is 10.8. The van der Waals surface area contributed by atoms with E-state index in [0.29, 0.717) is 11.8 Å². The lowest BCUT2D eigenvalue weighted by molar-refractivity contribution is 0.323. The highest BCUT2D eigenvalue weighted by Crippen LogP contribution is 2.34. The summed E-state index contributed by atoms with van der Waals surface area (Å²) in [5.41, 5.74) is 4.19. The van der Waals surface area contributed by atoms with Gasteiger partial charge in [-0.05, 0) is 55.8 Å². The smallest absolute Gasteiger partial charge is 0.0527 e. The maximum Gasteiger partial charge on any atom is 0.0527 e. The van der Waals surface area contributed by atoms with Crippen LogP contribution in [0, 0.1) is 12.8 Å². The van der Waals surface area contributed by atoms with Crippen molar-refractivity contribution in [1.29, 1.82) is 0 Å². The highest BCUT2D eigenvalue weighted by atomic mass is 15.3. The number of rotatable bonds is 3. The molecule has 2 heterocycles. The SMILES string of the molecule is Cc1c(C2CCNCC2Cc2ccccc2)cnn1C. The third kappa shape index (κ3) is 2.63. The molecule has 0 radical (unpaired) electrons. The topological polar surface area (TPSA) is 29.9 Å². The Balaban J connectivity index is 1.82. The Morgan fingerprint density at radius 1 is 1.30 bits per heavy atom. The van der Waals surface area contributed by atoms with Crippen LogP contribution in [0.25, 0.3) is 0 Å². The van der Waals surface area contributed by atoms with E-state index in [9.17, 15) is 0 Å². The summed E-state index contributed by atoms with van der Waals surface area (Å²) in [5, 5.41) is 7.98. The highest BCUT2D eigenvalue weighted by Gasteiger charge is 2.28. The number of benzene rings is 1. The van der Waals surface area contributed by atoms with Crippen LogP contribution in [-0.4, -0.2) is 22.9 Å². The van der Waals surface area contributed by atoms with Gasteiger partial charge in [-0.25, -0.2) is 0 Å². The van der Waals surface area contributed by atoms with Crippen molar-refractivity contribution in [2.45, 2.75) is 25.7 Å². The van der Waals surface area contributed by atoms with Gasteiger partial charge >= 0.3 is 0 Å². The van der Waals surface area contributed by atoms with Crippen molar-refractivity contribution in [3.05, 3.63) is 53.3 Å². The largest absolute Gasteiger partial charge is 0.316 e. The molecule has 3 nitrogen and oxygen atoms in total. The summed E-state index contributed by atoms with van der Waals surface area (Å²) < 4.78 is 2.00. The fourth-order valence-corrected chi connectivity index (χ4v) is 3.34. The summed E-state index contributed by atoms with van der Waals surface area (Å²) in [6.45, 7) is 4.40. The van der Waals surface area contributed by atoms with Crippen molar-refractivity contribution in [3.63, 3.8) is 0 Å². The number of nitrogens with one attached hydrogen (secondary N) is 1. The molecule has 2 aromatic rings. The first-order valence-corrected chi connectivity index (χ1v) is 7.49.